The number of halogens is 1. The molecule has 6 nitrogen and oxygen atoms in total. The fraction of sp³-hybridized carbons (Fsp3) is 0.333. The number of aromatic nitrogens is 1. The molecule has 1 amide bonds. The molecule has 28 heavy (non-hydrogen) atoms. The Kier molecular flexibility index (Phi) is 5.41. The minimum Gasteiger partial charge on any atom is -0.484 e. The number of amides is 1. The van der Waals surface area contributed by atoms with Crippen LogP contribution in [0.5, 0.6) is 5.75 Å². The lowest BCUT2D eigenvalue weighted by atomic mass is 9.97. The summed E-state index contributed by atoms with van der Waals surface area (Å²) in [7, 11) is 0. The second-order valence-electron chi connectivity index (χ2n) is 6.94. The number of fused-ring (bicyclic) bond motifs is 1. The van der Waals surface area contributed by atoms with Gasteiger partial charge in [-0.2, -0.15) is 4.98 Å². The molecule has 0 bridgehead atoms. The standard InChI is InChI=1S/C21H22FN3O3/c22-16-5-7-17(8-6-16)27-14-20(26)23-13-15-9-11-25(12-10-15)21-24-18-3-1-2-4-19(18)28-21/h1-8,15H,9-14H2,(H,23,26). The number of anilines is 1. The third-order valence-corrected chi connectivity index (χ3v) is 4.94. The van der Waals surface area contributed by atoms with Gasteiger partial charge in [-0.15, -0.1) is 0 Å². The Labute approximate surface area is 162 Å². The fourth-order valence-electron chi connectivity index (χ4n) is 3.31. The number of carbonyl (C=O) groups excluding carboxylic acids is 1. The number of ether oxygens (including phenoxy) is 1. The van der Waals surface area contributed by atoms with Crippen LogP contribution < -0.4 is 15.0 Å². The lowest BCUT2D eigenvalue weighted by Gasteiger charge is -2.30. The van der Waals surface area contributed by atoms with Crippen LogP contribution >= 0.6 is 0 Å². The molecule has 1 fully saturated rings. The predicted molar refractivity (Wildman–Crippen MR) is 104 cm³/mol. The van der Waals surface area contributed by atoms with Crippen molar-refractivity contribution >= 4 is 23.0 Å². The van der Waals surface area contributed by atoms with Gasteiger partial charge in [-0.05, 0) is 55.2 Å². The van der Waals surface area contributed by atoms with Crippen molar-refractivity contribution in [2.75, 3.05) is 31.1 Å². The van der Waals surface area contributed by atoms with Crippen LogP contribution in [0.15, 0.2) is 52.9 Å². The maximum Gasteiger partial charge on any atom is 0.298 e. The third kappa shape index (κ3) is 4.42. The second-order valence-corrected chi connectivity index (χ2v) is 6.94. The van der Waals surface area contributed by atoms with Crippen LogP contribution in [0.25, 0.3) is 11.1 Å². The van der Waals surface area contributed by atoms with E-state index in [9.17, 15) is 9.18 Å². The van der Waals surface area contributed by atoms with Gasteiger partial charge in [0, 0.05) is 19.6 Å². The van der Waals surface area contributed by atoms with Crippen LogP contribution in [-0.2, 0) is 4.79 Å². The number of rotatable bonds is 6. The summed E-state index contributed by atoms with van der Waals surface area (Å²) in [5.41, 5.74) is 1.67. The van der Waals surface area contributed by atoms with E-state index in [1.807, 2.05) is 24.3 Å². The highest BCUT2D eigenvalue weighted by Gasteiger charge is 2.23. The van der Waals surface area contributed by atoms with E-state index in [0.29, 0.717) is 24.2 Å². The van der Waals surface area contributed by atoms with E-state index < -0.39 is 0 Å². The van der Waals surface area contributed by atoms with E-state index in [1.165, 1.54) is 24.3 Å². The third-order valence-electron chi connectivity index (χ3n) is 4.94. The highest BCUT2D eigenvalue weighted by molar-refractivity contribution is 5.77. The van der Waals surface area contributed by atoms with Crippen LogP contribution in [0.3, 0.4) is 0 Å². The Hall–Kier alpha value is -3.09. The molecule has 0 unspecified atom stereocenters. The minimum absolute atomic E-state index is 0.0760. The highest BCUT2D eigenvalue weighted by Crippen LogP contribution is 2.26. The summed E-state index contributed by atoms with van der Waals surface area (Å²) in [6.45, 7) is 2.24. The zero-order valence-electron chi connectivity index (χ0n) is 15.4. The van der Waals surface area contributed by atoms with E-state index in [0.717, 1.165) is 37.0 Å². The quantitative estimate of drug-likeness (QED) is 0.707. The van der Waals surface area contributed by atoms with Crippen molar-refractivity contribution in [3.05, 3.63) is 54.3 Å². The van der Waals surface area contributed by atoms with Gasteiger partial charge < -0.3 is 19.4 Å². The highest BCUT2D eigenvalue weighted by atomic mass is 19.1. The molecule has 7 heteroatoms. The molecule has 146 valence electrons. The molecule has 0 aliphatic carbocycles. The molecule has 1 aliphatic rings. The summed E-state index contributed by atoms with van der Waals surface area (Å²) in [6.07, 6.45) is 1.91. The van der Waals surface area contributed by atoms with Gasteiger partial charge in [-0.1, -0.05) is 12.1 Å². The van der Waals surface area contributed by atoms with Gasteiger partial charge in [0.25, 0.3) is 11.9 Å². The predicted octanol–water partition coefficient (Wildman–Crippen LogP) is 3.38. The van der Waals surface area contributed by atoms with Crippen molar-refractivity contribution in [2.24, 2.45) is 5.92 Å². The number of carbonyl (C=O) groups is 1. The van der Waals surface area contributed by atoms with Gasteiger partial charge in [0.15, 0.2) is 12.2 Å². The Balaban J connectivity index is 1.20. The normalized spacial score (nSPS) is 15.0. The number of benzene rings is 2. The second kappa shape index (κ2) is 8.29. The van der Waals surface area contributed by atoms with Crippen LogP contribution in [0.1, 0.15) is 12.8 Å². The summed E-state index contributed by atoms with van der Waals surface area (Å²) in [5.74, 6) is 0.380. The lowest BCUT2D eigenvalue weighted by molar-refractivity contribution is -0.123. The molecule has 1 N–H and O–H groups in total. The fourth-order valence-corrected chi connectivity index (χ4v) is 3.31. The van der Waals surface area contributed by atoms with E-state index in [1.54, 1.807) is 0 Å². The number of para-hydroxylation sites is 2. The van der Waals surface area contributed by atoms with Crippen molar-refractivity contribution < 1.29 is 18.3 Å². The molecular weight excluding hydrogens is 361 g/mol. The van der Waals surface area contributed by atoms with Crippen molar-refractivity contribution in [1.29, 1.82) is 0 Å². The molecule has 0 saturated carbocycles. The van der Waals surface area contributed by atoms with Crippen molar-refractivity contribution in [2.45, 2.75) is 12.8 Å². The smallest absolute Gasteiger partial charge is 0.298 e. The SMILES string of the molecule is O=C(COc1ccc(F)cc1)NCC1CCN(c2nc3ccccc3o2)CC1. The van der Waals surface area contributed by atoms with E-state index >= 15 is 0 Å². The molecule has 1 aliphatic heterocycles. The number of oxazole rings is 1. The topological polar surface area (TPSA) is 67.6 Å². The lowest BCUT2D eigenvalue weighted by Crippen LogP contribution is -2.39. The zero-order valence-corrected chi connectivity index (χ0v) is 15.4. The van der Waals surface area contributed by atoms with Gasteiger partial charge in [0.1, 0.15) is 17.1 Å². The van der Waals surface area contributed by atoms with E-state index in [4.69, 9.17) is 9.15 Å². The molecule has 1 saturated heterocycles. The average Bonchev–Trinajstić information content (AvgIpc) is 3.16. The maximum absolute atomic E-state index is 12.9. The first-order valence-corrected chi connectivity index (χ1v) is 9.43. The van der Waals surface area contributed by atoms with Crippen LogP contribution in [0, 0.1) is 11.7 Å². The summed E-state index contributed by atoms with van der Waals surface area (Å²) < 4.78 is 24.0. The maximum atomic E-state index is 12.9. The Bertz CT molecular complexity index is 900. The first kappa shape index (κ1) is 18.3. The first-order chi connectivity index (χ1) is 13.7. The summed E-state index contributed by atoms with van der Waals surface area (Å²) in [5, 5.41) is 2.91. The number of nitrogens with zero attached hydrogens (tertiary/aromatic N) is 2. The number of hydrogen-bond donors (Lipinski definition) is 1. The molecule has 3 aromatic rings. The summed E-state index contributed by atoms with van der Waals surface area (Å²) >= 11 is 0. The minimum atomic E-state index is -0.332. The van der Waals surface area contributed by atoms with E-state index in [-0.39, 0.29) is 18.3 Å². The van der Waals surface area contributed by atoms with Crippen molar-refractivity contribution in [3.8, 4) is 5.75 Å². The number of nitrogens with one attached hydrogen (secondary N) is 1. The molecular formula is C21H22FN3O3. The van der Waals surface area contributed by atoms with Gasteiger partial charge in [0.05, 0.1) is 0 Å². The number of hydrogen-bond acceptors (Lipinski definition) is 5. The molecule has 4 rings (SSSR count). The summed E-state index contributed by atoms with van der Waals surface area (Å²) in [6, 6.07) is 14.0. The molecule has 2 heterocycles. The van der Waals surface area contributed by atoms with Gasteiger partial charge in [0.2, 0.25) is 0 Å². The van der Waals surface area contributed by atoms with Gasteiger partial charge in [-0.3, -0.25) is 4.79 Å². The molecule has 0 radical (unpaired) electrons. The van der Waals surface area contributed by atoms with Gasteiger partial charge in [-0.25, -0.2) is 4.39 Å². The van der Waals surface area contributed by atoms with E-state index in [2.05, 4.69) is 15.2 Å². The van der Waals surface area contributed by atoms with Gasteiger partial charge >= 0.3 is 0 Å². The monoisotopic (exact) mass is 383 g/mol. The molecule has 2 aromatic carbocycles. The zero-order chi connectivity index (χ0) is 19.3. The first-order valence-electron chi connectivity index (χ1n) is 9.43. The largest absolute Gasteiger partial charge is 0.484 e. The Morgan fingerprint density at radius 3 is 2.68 bits per heavy atom. The van der Waals surface area contributed by atoms with Crippen molar-refractivity contribution in [1.82, 2.24) is 10.3 Å². The van der Waals surface area contributed by atoms with Crippen LogP contribution in [0.4, 0.5) is 10.4 Å². The Morgan fingerprint density at radius 1 is 1.18 bits per heavy atom. The van der Waals surface area contributed by atoms with Crippen molar-refractivity contribution in [3.63, 3.8) is 0 Å². The molecule has 0 atom stereocenters. The van der Waals surface area contributed by atoms with Crippen LogP contribution in [-0.4, -0.2) is 37.1 Å². The summed E-state index contributed by atoms with van der Waals surface area (Å²) in [4.78, 5) is 18.7. The average molecular weight is 383 g/mol. The molecule has 1 aromatic heterocycles. The number of piperidine rings is 1. The Morgan fingerprint density at radius 2 is 1.93 bits per heavy atom. The molecule has 0 spiro atoms. The van der Waals surface area contributed by atoms with Crippen LogP contribution in [0.2, 0.25) is 0 Å².